The van der Waals surface area contributed by atoms with E-state index in [2.05, 4.69) is 19.2 Å². The molecule has 15 heavy (non-hydrogen) atoms. The van der Waals surface area contributed by atoms with Crippen LogP contribution in [0.4, 0.5) is 0 Å². The number of carbonyl (C=O) groups excluding carboxylic acids is 1. The number of esters is 1. The highest BCUT2D eigenvalue weighted by atomic mass is 33.1. The van der Waals surface area contributed by atoms with Gasteiger partial charge < -0.3 is 10.1 Å². The summed E-state index contributed by atoms with van der Waals surface area (Å²) in [5.41, 5.74) is 0. The van der Waals surface area contributed by atoms with Crippen molar-refractivity contribution < 1.29 is 9.53 Å². The molecule has 0 aromatic heterocycles. The summed E-state index contributed by atoms with van der Waals surface area (Å²) in [7, 11) is 3.56. The molecule has 0 aliphatic rings. The average molecular weight is 251 g/mol. The van der Waals surface area contributed by atoms with Crippen molar-refractivity contribution in [1.82, 2.24) is 5.32 Å². The van der Waals surface area contributed by atoms with Crippen LogP contribution in [0.25, 0.3) is 0 Å². The van der Waals surface area contributed by atoms with E-state index in [0.29, 0.717) is 24.4 Å². The molecule has 0 aliphatic heterocycles. The molecule has 0 unspecified atom stereocenters. The van der Waals surface area contributed by atoms with E-state index in [1.165, 1.54) is 0 Å². The maximum Gasteiger partial charge on any atom is 0.319 e. The molecule has 0 bridgehead atoms. The largest absolute Gasteiger partial charge is 0.464 e. The van der Waals surface area contributed by atoms with Crippen LogP contribution in [0.5, 0.6) is 0 Å². The lowest BCUT2D eigenvalue weighted by molar-refractivity contribution is -0.141. The van der Waals surface area contributed by atoms with E-state index in [4.69, 9.17) is 4.74 Å². The number of rotatable bonds is 8. The maximum absolute atomic E-state index is 11.1. The second-order valence-corrected chi connectivity index (χ2v) is 6.79. The predicted octanol–water partition coefficient (Wildman–Crippen LogP) is 2.32. The van der Waals surface area contributed by atoms with Crippen molar-refractivity contribution in [1.29, 1.82) is 0 Å². The van der Waals surface area contributed by atoms with E-state index >= 15 is 0 Å². The predicted molar refractivity (Wildman–Crippen MR) is 69.3 cm³/mol. The van der Waals surface area contributed by atoms with E-state index in [1.807, 2.05) is 24.6 Å². The van der Waals surface area contributed by atoms with Gasteiger partial charge in [0.1, 0.15) is 6.61 Å². The van der Waals surface area contributed by atoms with Crippen molar-refractivity contribution in [2.45, 2.75) is 39.0 Å². The minimum absolute atomic E-state index is 0.168. The standard InChI is InChI=1S/C10H21NO2S2/c1-8(2)11-7-10(12)13-5-6-14-15-9(3)4/h8-9,11H,5-7H2,1-4H3. The molecule has 0 atom stereocenters. The van der Waals surface area contributed by atoms with Crippen LogP contribution in [0.3, 0.4) is 0 Å². The van der Waals surface area contributed by atoms with Gasteiger partial charge in [0.15, 0.2) is 0 Å². The van der Waals surface area contributed by atoms with Crippen LogP contribution in [0.15, 0.2) is 0 Å². The molecule has 0 amide bonds. The third-order valence-electron chi connectivity index (χ3n) is 1.34. The molecule has 5 heteroatoms. The van der Waals surface area contributed by atoms with Crippen molar-refractivity contribution in [2.24, 2.45) is 0 Å². The fourth-order valence-corrected chi connectivity index (χ4v) is 2.54. The molecule has 0 fully saturated rings. The van der Waals surface area contributed by atoms with Crippen LogP contribution < -0.4 is 5.32 Å². The number of hydrogen-bond donors (Lipinski definition) is 1. The molecule has 0 aromatic carbocycles. The summed E-state index contributed by atoms with van der Waals surface area (Å²) in [5, 5.41) is 3.64. The number of hydrogen-bond acceptors (Lipinski definition) is 5. The van der Waals surface area contributed by atoms with Crippen molar-refractivity contribution in [3.05, 3.63) is 0 Å². The third-order valence-corrected chi connectivity index (χ3v) is 4.26. The monoisotopic (exact) mass is 251 g/mol. The van der Waals surface area contributed by atoms with E-state index in [1.54, 1.807) is 10.8 Å². The maximum atomic E-state index is 11.1. The zero-order valence-corrected chi connectivity index (χ0v) is 11.5. The smallest absolute Gasteiger partial charge is 0.319 e. The van der Waals surface area contributed by atoms with Crippen LogP contribution in [0.2, 0.25) is 0 Å². The van der Waals surface area contributed by atoms with Gasteiger partial charge in [-0.1, -0.05) is 49.3 Å². The molecule has 0 rings (SSSR count). The van der Waals surface area contributed by atoms with Gasteiger partial charge in [0.05, 0.1) is 6.54 Å². The molecule has 0 aliphatic carbocycles. The fourth-order valence-electron chi connectivity index (χ4n) is 0.712. The summed E-state index contributed by atoms with van der Waals surface area (Å²) in [4.78, 5) is 11.1. The first-order chi connectivity index (χ1) is 7.02. The first kappa shape index (κ1) is 15.1. The third kappa shape index (κ3) is 12.1. The topological polar surface area (TPSA) is 38.3 Å². The van der Waals surface area contributed by atoms with Gasteiger partial charge in [0.2, 0.25) is 0 Å². The van der Waals surface area contributed by atoms with E-state index in [-0.39, 0.29) is 5.97 Å². The highest BCUT2D eigenvalue weighted by Gasteiger charge is 2.03. The second-order valence-electron chi connectivity index (χ2n) is 3.72. The van der Waals surface area contributed by atoms with Gasteiger partial charge in [-0.25, -0.2) is 0 Å². The van der Waals surface area contributed by atoms with Crippen molar-refractivity contribution >= 4 is 27.6 Å². The molecule has 0 aromatic rings. The zero-order valence-electron chi connectivity index (χ0n) is 9.91. The minimum atomic E-state index is -0.168. The molecule has 3 nitrogen and oxygen atoms in total. The van der Waals surface area contributed by atoms with Gasteiger partial charge in [-0.15, -0.1) is 0 Å². The van der Waals surface area contributed by atoms with E-state index < -0.39 is 0 Å². The van der Waals surface area contributed by atoms with Crippen LogP contribution in [0, 0.1) is 0 Å². The van der Waals surface area contributed by atoms with E-state index in [9.17, 15) is 4.79 Å². The fraction of sp³-hybridized carbons (Fsp3) is 0.900. The summed E-state index contributed by atoms with van der Waals surface area (Å²) in [6.07, 6.45) is 0. The Morgan fingerprint density at radius 3 is 2.53 bits per heavy atom. The SMILES string of the molecule is CC(C)NCC(=O)OCCSSC(C)C. The van der Waals surface area contributed by atoms with Gasteiger partial charge in [-0.3, -0.25) is 4.79 Å². The molecule has 0 saturated carbocycles. The molecular weight excluding hydrogens is 230 g/mol. The highest BCUT2D eigenvalue weighted by Crippen LogP contribution is 2.25. The number of ether oxygens (including phenoxy) is 1. The Labute approximate surface area is 100 Å². The van der Waals surface area contributed by atoms with Gasteiger partial charge in [0.25, 0.3) is 0 Å². The first-order valence-electron chi connectivity index (χ1n) is 5.19. The molecule has 90 valence electrons. The Kier molecular flexibility index (Phi) is 9.44. The Morgan fingerprint density at radius 2 is 2.00 bits per heavy atom. The number of carbonyl (C=O) groups is 1. The summed E-state index contributed by atoms with van der Waals surface area (Å²) in [5.74, 6) is 0.690. The molecule has 0 heterocycles. The Balaban J connectivity index is 3.24. The van der Waals surface area contributed by atoms with Crippen molar-refractivity contribution in [3.63, 3.8) is 0 Å². The van der Waals surface area contributed by atoms with Crippen LogP contribution >= 0.6 is 21.6 Å². The van der Waals surface area contributed by atoms with Crippen LogP contribution in [-0.4, -0.2) is 36.2 Å². The number of nitrogens with one attached hydrogen (secondary N) is 1. The lowest BCUT2D eigenvalue weighted by Crippen LogP contribution is -2.30. The zero-order chi connectivity index (χ0) is 11.7. The summed E-state index contributed by atoms with van der Waals surface area (Å²) in [6.45, 7) is 9.11. The van der Waals surface area contributed by atoms with Gasteiger partial charge in [0, 0.05) is 17.0 Å². The Bertz CT molecular complexity index is 175. The molecular formula is C10H21NO2S2. The van der Waals surface area contributed by atoms with Crippen molar-refractivity contribution in [3.8, 4) is 0 Å². The quantitative estimate of drug-likeness (QED) is 0.407. The molecule has 0 saturated heterocycles. The molecule has 1 N–H and O–H groups in total. The van der Waals surface area contributed by atoms with E-state index in [0.717, 1.165) is 5.75 Å². The normalized spacial score (nSPS) is 11.1. The lowest BCUT2D eigenvalue weighted by Gasteiger charge is -2.08. The Hall–Kier alpha value is 0.130. The van der Waals surface area contributed by atoms with Gasteiger partial charge in [-0.2, -0.15) is 0 Å². The Morgan fingerprint density at radius 1 is 1.33 bits per heavy atom. The van der Waals surface area contributed by atoms with Crippen molar-refractivity contribution in [2.75, 3.05) is 18.9 Å². The minimum Gasteiger partial charge on any atom is -0.464 e. The summed E-state index contributed by atoms with van der Waals surface area (Å²) < 4.78 is 5.04. The van der Waals surface area contributed by atoms with Crippen LogP contribution in [0.1, 0.15) is 27.7 Å². The van der Waals surface area contributed by atoms with Gasteiger partial charge >= 0.3 is 5.97 Å². The summed E-state index contributed by atoms with van der Waals surface area (Å²) >= 11 is 0. The van der Waals surface area contributed by atoms with Crippen LogP contribution in [-0.2, 0) is 9.53 Å². The lowest BCUT2D eigenvalue weighted by atomic mass is 10.4. The molecule has 0 radical (unpaired) electrons. The van der Waals surface area contributed by atoms with Gasteiger partial charge in [-0.05, 0) is 0 Å². The summed E-state index contributed by atoms with van der Waals surface area (Å²) in [6, 6.07) is 0.323. The molecule has 0 spiro atoms. The average Bonchev–Trinajstić information content (AvgIpc) is 2.13. The highest BCUT2D eigenvalue weighted by molar-refractivity contribution is 8.76. The first-order valence-corrected chi connectivity index (χ1v) is 7.58. The second kappa shape index (κ2) is 9.36.